The molecule has 1 aliphatic carbocycles. The van der Waals surface area contributed by atoms with Gasteiger partial charge in [0.25, 0.3) is 0 Å². The Kier molecular flexibility index (Phi) is 6.55. The molecule has 0 aliphatic heterocycles. The van der Waals surface area contributed by atoms with E-state index in [0.717, 1.165) is 41.2 Å². The molecule has 0 saturated heterocycles. The largest absolute Gasteiger partial charge is 0.497 e. The molecule has 2 aromatic carbocycles. The van der Waals surface area contributed by atoms with Crippen LogP contribution in [0.5, 0.6) is 11.5 Å². The lowest BCUT2D eigenvalue weighted by Gasteiger charge is -2.24. The van der Waals surface area contributed by atoms with Crippen molar-refractivity contribution in [2.75, 3.05) is 14.2 Å². The van der Waals surface area contributed by atoms with Gasteiger partial charge in [-0.2, -0.15) is 0 Å². The van der Waals surface area contributed by atoms with Gasteiger partial charge in [0.05, 0.1) is 20.4 Å². The molecule has 162 valence electrons. The van der Waals surface area contributed by atoms with Crippen molar-refractivity contribution in [3.05, 3.63) is 66.2 Å². The SMILES string of the molecule is COc1ccc(OC)c(CN(C(=O)CCCc2ncc(-c3ccccc3)o2)C2CC2)c1. The van der Waals surface area contributed by atoms with Crippen molar-refractivity contribution in [1.82, 2.24) is 9.88 Å². The van der Waals surface area contributed by atoms with E-state index in [0.29, 0.717) is 37.7 Å². The first-order chi connectivity index (χ1) is 15.2. The fourth-order valence-corrected chi connectivity index (χ4v) is 3.69. The predicted octanol–water partition coefficient (Wildman–Crippen LogP) is 4.87. The summed E-state index contributed by atoms with van der Waals surface area (Å²) < 4.78 is 16.7. The second-order valence-electron chi connectivity index (χ2n) is 7.77. The Morgan fingerprint density at radius 1 is 1.13 bits per heavy atom. The molecule has 3 aromatic rings. The summed E-state index contributed by atoms with van der Waals surface area (Å²) in [5.41, 5.74) is 1.96. The number of carbonyl (C=O) groups is 1. The minimum Gasteiger partial charge on any atom is -0.497 e. The van der Waals surface area contributed by atoms with E-state index in [1.807, 2.05) is 53.4 Å². The molecule has 0 bridgehead atoms. The van der Waals surface area contributed by atoms with Gasteiger partial charge in [0.2, 0.25) is 5.91 Å². The Bertz CT molecular complexity index is 1010. The lowest BCUT2D eigenvalue weighted by molar-refractivity contribution is -0.132. The number of nitrogens with zero attached hydrogens (tertiary/aromatic N) is 2. The first-order valence-electron chi connectivity index (χ1n) is 10.7. The fourth-order valence-electron chi connectivity index (χ4n) is 3.69. The lowest BCUT2D eigenvalue weighted by Crippen LogP contribution is -2.32. The summed E-state index contributed by atoms with van der Waals surface area (Å²) in [5, 5.41) is 0. The zero-order chi connectivity index (χ0) is 21.6. The van der Waals surface area contributed by atoms with Crippen LogP contribution in [0.15, 0.2) is 59.1 Å². The number of benzene rings is 2. The smallest absolute Gasteiger partial charge is 0.223 e. The Balaban J connectivity index is 1.35. The van der Waals surface area contributed by atoms with Crippen LogP contribution < -0.4 is 9.47 Å². The molecule has 31 heavy (non-hydrogen) atoms. The highest BCUT2D eigenvalue weighted by Gasteiger charge is 2.32. The average Bonchev–Trinajstić information content (AvgIpc) is 3.54. The maximum Gasteiger partial charge on any atom is 0.223 e. The number of oxazole rings is 1. The van der Waals surface area contributed by atoms with Crippen molar-refractivity contribution in [2.45, 2.75) is 44.7 Å². The molecule has 1 heterocycles. The molecule has 0 unspecified atom stereocenters. The third kappa shape index (κ3) is 5.26. The van der Waals surface area contributed by atoms with Crippen LogP contribution in [0.2, 0.25) is 0 Å². The summed E-state index contributed by atoms with van der Waals surface area (Å²) in [6, 6.07) is 15.9. The number of hydrogen-bond acceptors (Lipinski definition) is 5. The van der Waals surface area contributed by atoms with E-state index in [2.05, 4.69) is 4.98 Å². The van der Waals surface area contributed by atoms with Gasteiger partial charge in [0, 0.05) is 36.6 Å². The van der Waals surface area contributed by atoms with E-state index in [9.17, 15) is 4.79 Å². The summed E-state index contributed by atoms with van der Waals surface area (Å²) in [6.45, 7) is 0.529. The number of aryl methyl sites for hydroxylation is 1. The maximum atomic E-state index is 13.0. The zero-order valence-electron chi connectivity index (χ0n) is 18.0. The zero-order valence-corrected chi connectivity index (χ0v) is 18.0. The van der Waals surface area contributed by atoms with Crippen LogP contribution >= 0.6 is 0 Å². The third-order valence-electron chi connectivity index (χ3n) is 5.53. The van der Waals surface area contributed by atoms with Crippen LogP contribution in [0, 0.1) is 0 Å². The van der Waals surface area contributed by atoms with Crippen LogP contribution in [-0.2, 0) is 17.8 Å². The molecular formula is C25H28N2O4. The summed E-state index contributed by atoms with van der Waals surface area (Å²) in [4.78, 5) is 19.3. The number of hydrogen-bond donors (Lipinski definition) is 0. The number of ether oxygens (including phenoxy) is 2. The Morgan fingerprint density at radius 3 is 2.65 bits per heavy atom. The van der Waals surface area contributed by atoms with Crippen molar-refractivity contribution < 1.29 is 18.7 Å². The maximum absolute atomic E-state index is 13.0. The first kappa shape index (κ1) is 21.0. The van der Waals surface area contributed by atoms with Gasteiger partial charge in [-0.05, 0) is 37.5 Å². The van der Waals surface area contributed by atoms with Gasteiger partial charge in [-0.1, -0.05) is 30.3 Å². The van der Waals surface area contributed by atoms with Crippen molar-refractivity contribution >= 4 is 5.91 Å². The van der Waals surface area contributed by atoms with Crippen LogP contribution in [0.3, 0.4) is 0 Å². The van der Waals surface area contributed by atoms with Crippen molar-refractivity contribution in [1.29, 1.82) is 0 Å². The van der Waals surface area contributed by atoms with Crippen molar-refractivity contribution in [3.63, 3.8) is 0 Å². The number of rotatable bonds is 10. The first-order valence-corrected chi connectivity index (χ1v) is 10.7. The molecule has 0 radical (unpaired) electrons. The molecule has 1 fully saturated rings. The van der Waals surface area contributed by atoms with Crippen molar-refractivity contribution in [2.24, 2.45) is 0 Å². The second-order valence-corrected chi connectivity index (χ2v) is 7.77. The van der Waals surface area contributed by atoms with Gasteiger partial charge in [0.15, 0.2) is 11.7 Å². The molecule has 6 heteroatoms. The van der Waals surface area contributed by atoms with Crippen LogP contribution in [0.4, 0.5) is 0 Å². The molecule has 1 amide bonds. The lowest BCUT2D eigenvalue weighted by atomic mass is 10.1. The highest BCUT2D eigenvalue weighted by atomic mass is 16.5. The quantitative estimate of drug-likeness (QED) is 0.468. The summed E-state index contributed by atoms with van der Waals surface area (Å²) in [5.74, 6) is 3.11. The molecule has 0 N–H and O–H groups in total. The molecule has 0 atom stereocenters. The van der Waals surface area contributed by atoms with E-state index in [1.54, 1.807) is 20.4 Å². The fraction of sp³-hybridized carbons (Fsp3) is 0.360. The van der Waals surface area contributed by atoms with Crippen LogP contribution in [0.1, 0.15) is 37.1 Å². The monoisotopic (exact) mass is 420 g/mol. The third-order valence-corrected chi connectivity index (χ3v) is 5.53. The normalized spacial score (nSPS) is 13.1. The highest BCUT2D eigenvalue weighted by Crippen LogP contribution is 2.32. The van der Waals surface area contributed by atoms with Gasteiger partial charge in [0.1, 0.15) is 11.5 Å². The Hall–Kier alpha value is -3.28. The molecule has 4 rings (SSSR count). The van der Waals surface area contributed by atoms with Gasteiger partial charge in [-0.25, -0.2) is 4.98 Å². The second kappa shape index (κ2) is 9.69. The van der Waals surface area contributed by atoms with E-state index in [1.165, 1.54) is 0 Å². The Labute approximate surface area is 182 Å². The van der Waals surface area contributed by atoms with E-state index < -0.39 is 0 Å². The molecule has 1 aromatic heterocycles. The standard InChI is InChI=1S/C25H28N2O4/c1-29-21-13-14-22(30-2)19(15-21)17-27(20-11-12-20)25(28)10-6-9-24-26-16-23(31-24)18-7-4-3-5-8-18/h3-5,7-8,13-16,20H,6,9-12,17H2,1-2H3. The highest BCUT2D eigenvalue weighted by molar-refractivity contribution is 5.77. The molecule has 0 spiro atoms. The summed E-state index contributed by atoms with van der Waals surface area (Å²) in [7, 11) is 3.29. The number of aromatic nitrogens is 1. The van der Waals surface area contributed by atoms with Crippen LogP contribution in [-0.4, -0.2) is 36.1 Å². The topological polar surface area (TPSA) is 64.8 Å². The molecule has 6 nitrogen and oxygen atoms in total. The minimum absolute atomic E-state index is 0.155. The van der Waals surface area contributed by atoms with Crippen molar-refractivity contribution in [3.8, 4) is 22.8 Å². The Morgan fingerprint density at radius 2 is 1.94 bits per heavy atom. The van der Waals surface area contributed by atoms with Gasteiger partial charge in [-0.15, -0.1) is 0 Å². The van der Waals surface area contributed by atoms with Gasteiger partial charge >= 0.3 is 0 Å². The molecular weight excluding hydrogens is 392 g/mol. The predicted molar refractivity (Wildman–Crippen MR) is 118 cm³/mol. The summed E-state index contributed by atoms with van der Waals surface area (Å²) >= 11 is 0. The average molecular weight is 421 g/mol. The van der Waals surface area contributed by atoms with E-state index >= 15 is 0 Å². The minimum atomic E-state index is 0.155. The number of methoxy groups -OCH3 is 2. The number of carbonyl (C=O) groups excluding carboxylic acids is 1. The van der Waals surface area contributed by atoms with E-state index in [4.69, 9.17) is 13.9 Å². The number of amides is 1. The molecule has 1 saturated carbocycles. The summed E-state index contributed by atoms with van der Waals surface area (Å²) in [6.07, 6.45) is 5.66. The van der Waals surface area contributed by atoms with Gasteiger partial charge < -0.3 is 18.8 Å². The van der Waals surface area contributed by atoms with E-state index in [-0.39, 0.29) is 5.91 Å². The molecule has 1 aliphatic rings. The van der Waals surface area contributed by atoms with Gasteiger partial charge in [-0.3, -0.25) is 4.79 Å². The van der Waals surface area contributed by atoms with Crippen LogP contribution in [0.25, 0.3) is 11.3 Å².